The van der Waals surface area contributed by atoms with E-state index in [0.717, 1.165) is 4.47 Å². The summed E-state index contributed by atoms with van der Waals surface area (Å²) in [7, 11) is 0. The molecule has 0 radical (unpaired) electrons. The predicted octanol–water partition coefficient (Wildman–Crippen LogP) is 2.25. The van der Waals surface area contributed by atoms with Crippen molar-refractivity contribution in [2.75, 3.05) is 6.54 Å². The quantitative estimate of drug-likeness (QED) is 0.876. The summed E-state index contributed by atoms with van der Waals surface area (Å²) >= 11 is 5.15. The van der Waals surface area contributed by atoms with E-state index >= 15 is 0 Å². The zero-order valence-corrected chi connectivity index (χ0v) is 9.70. The second-order valence-corrected chi connectivity index (χ2v) is 5.57. The molecule has 1 atom stereocenters. The van der Waals surface area contributed by atoms with Crippen molar-refractivity contribution in [3.63, 3.8) is 0 Å². The van der Waals surface area contributed by atoms with Gasteiger partial charge in [0.15, 0.2) is 0 Å². The highest BCUT2D eigenvalue weighted by molar-refractivity contribution is 9.10. The molecular formula is C9H13BrN2S. The molecule has 0 bridgehead atoms. The lowest BCUT2D eigenvalue weighted by Gasteiger charge is -2.19. The summed E-state index contributed by atoms with van der Waals surface area (Å²) in [5.74, 6) is 0. The molecule has 72 valence electrons. The SMILES string of the molecule is NCC1(C(N)c2cc(Br)cs2)CC1. The summed E-state index contributed by atoms with van der Waals surface area (Å²) in [6.45, 7) is 0.712. The van der Waals surface area contributed by atoms with Gasteiger partial charge >= 0.3 is 0 Å². The number of nitrogens with two attached hydrogens (primary N) is 2. The first-order valence-corrected chi connectivity index (χ1v) is 6.05. The molecule has 1 aliphatic carbocycles. The van der Waals surface area contributed by atoms with E-state index in [1.54, 1.807) is 11.3 Å². The number of hydrogen-bond acceptors (Lipinski definition) is 3. The Morgan fingerprint density at radius 3 is 2.69 bits per heavy atom. The largest absolute Gasteiger partial charge is 0.330 e. The van der Waals surface area contributed by atoms with Crippen molar-refractivity contribution in [2.45, 2.75) is 18.9 Å². The fourth-order valence-corrected chi connectivity index (χ4v) is 3.18. The summed E-state index contributed by atoms with van der Waals surface area (Å²) < 4.78 is 1.12. The Morgan fingerprint density at radius 2 is 2.31 bits per heavy atom. The first-order valence-electron chi connectivity index (χ1n) is 4.37. The van der Waals surface area contributed by atoms with Crippen LogP contribution in [-0.2, 0) is 0 Å². The predicted molar refractivity (Wildman–Crippen MR) is 59.7 cm³/mol. The Hall–Kier alpha value is 0.1000. The molecule has 2 nitrogen and oxygen atoms in total. The molecule has 1 unspecified atom stereocenters. The molecule has 4 heteroatoms. The van der Waals surface area contributed by atoms with Gasteiger partial charge in [0.25, 0.3) is 0 Å². The van der Waals surface area contributed by atoms with Crippen molar-refractivity contribution in [2.24, 2.45) is 16.9 Å². The number of hydrogen-bond donors (Lipinski definition) is 2. The first-order chi connectivity index (χ1) is 6.18. The lowest BCUT2D eigenvalue weighted by Crippen LogP contribution is -2.28. The highest BCUT2D eigenvalue weighted by Crippen LogP contribution is 2.53. The Labute approximate surface area is 90.4 Å². The van der Waals surface area contributed by atoms with E-state index in [9.17, 15) is 0 Å². The van der Waals surface area contributed by atoms with E-state index in [2.05, 4.69) is 27.4 Å². The van der Waals surface area contributed by atoms with Crippen LogP contribution in [0.5, 0.6) is 0 Å². The summed E-state index contributed by atoms with van der Waals surface area (Å²) in [5.41, 5.74) is 12.1. The molecule has 0 aromatic carbocycles. The van der Waals surface area contributed by atoms with Crippen molar-refractivity contribution < 1.29 is 0 Å². The van der Waals surface area contributed by atoms with Gasteiger partial charge in [0.05, 0.1) is 0 Å². The molecule has 0 saturated heterocycles. The van der Waals surface area contributed by atoms with Crippen molar-refractivity contribution in [1.29, 1.82) is 0 Å². The van der Waals surface area contributed by atoms with Gasteiger partial charge < -0.3 is 11.5 Å². The zero-order valence-electron chi connectivity index (χ0n) is 7.29. The van der Waals surface area contributed by atoms with Crippen molar-refractivity contribution in [3.8, 4) is 0 Å². The average Bonchev–Trinajstić information content (AvgIpc) is 2.82. The molecule has 0 amide bonds. The monoisotopic (exact) mass is 260 g/mol. The van der Waals surface area contributed by atoms with Crippen LogP contribution in [0.1, 0.15) is 23.8 Å². The van der Waals surface area contributed by atoms with E-state index in [0.29, 0.717) is 6.54 Å². The van der Waals surface area contributed by atoms with E-state index in [1.807, 2.05) is 0 Å². The van der Waals surface area contributed by atoms with Crippen LogP contribution in [0, 0.1) is 5.41 Å². The third-order valence-electron chi connectivity index (χ3n) is 2.85. The molecule has 1 aromatic rings. The smallest absolute Gasteiger partial charge is 0.0459 e. The summed E-state index contributed by atoms with van der Waals surface area (Å²) in [6.07, 6.45) is 2.36. The Bertz CT molecular complexity index is 306. The molecule has 1 saturated carbocycles. The van der Waals surface area contributed by atoms with Gasteiger partial charge in [0, 0.05) is 26.2 Å². The van der Waals surface area contributed by atoms with Crippen LogP contribution >= 0.6 is 27.3 Å². The van der Waals surface area contributed by atoms with Crippen molar-refractivity contribution >= 4 is 27.3 Å². The van der Waals surface area contributed by atoms with Crippen LogP contribution in [-0.4, -0.2) is 6.54 Å². The summed E-state index contributed by atoms with van der Waals surface area (Å²) in [5, 5.41) is 2.07. The third kappa shape index (κ3) is 1.68. The molecule has 1 heterocycles. The first kappa shape index (κ1) is 9.65. The van der Waals surface area contributed by atoms with Crippen LogP contribution in [0.2, 0.25) is 0 Å². The van der Waals surface area contributed by atoms with Gasteiger partial charge in [-0.15, -0.1) is 11.3 Å². The lowest BCUT2D eigenvalue weighted by molar-refractivity contribution is 0.424. The van der Waals surface area contributed by atoms with Crippen molar-refractivity contribution in [1.82, 2.24) is 0 Å². The van der Waals surface area contributed by atoms with E-state index in [-0.39, 0.29) is 11.5 Å². The maximum Gasteiger partial charge on any atom is 0.0459 e. The van der Waals surface area contributed by atoms with Gasteiger partial charge in [-0.1, -0.05) is 0 Å². The van der Waals surface area contributed by atoms with Crippen LogP contribution in [0.4, 0.5) is 0 Å². The van der Waals surface area contributed by atoms with Crippen LogP contribution in [0.3, 0.4) is 0 Å². The van der Waals surface area contributed by atoms with E-state index in [1.165, 1.54) is 17.7 Å². The van der Waals surface area contributed by atoms with Gasteiger partial charge in [-0.05, 0) is 41.4 Å². The second-order valence-electron chi connectivity index (χ2n) is 3.71. The van der Waals surface area contributed by atoms with Crippen molar-refractivity contribution in [3.05, 3.63) is 20.8 Å². The van der Waals surface area contributed by atoms with Crippen LogP contribution in [0.15, 0.2) is 15.9 Å². The molecule has 2 rings (SSSR count). The lowest BCUT2D eigenvalue weighted by atomic mass is 9.96. The fraction of sp³-hybridized carbons (Fsp3) is 0.556. The average molecular weight is 261 g/mol. The van der Waals surface area contributed by atoms with E-state index in [4.69, 9.17) is 11.5 Å². The van der Waals surface area contributed by atoms with Gasteiger partial charge in [0.1, 0.15) is 0 Å². The highest BCUT2D eigenvalue weighted by Gasteiger charge is 2.47. The Balaban J connectivity index is 2.17. The normalized spacial score (nSPS) is 21.5. The molecule has 0 aliphatic heterocycles. The summed E-state index contributed by atoms with van der Waals surface area (Å²) in [6, 6.07) is 2.24. The zero-order chi connectivity index (χ0) is 9.47. The third-order valence-corrected chi connectivity index (χ3v) is 4.63. The molecule has 1 aromatic heterocycles. The maximum atomic E-state index is 6.17. The Morgan fingerprint density at radius 1 is 1.62 bits per heavy atom. The summed E-state index contributed by atoms with van der Waals surface area (Å²) in [4.78, 5) is 1.25. The molecule has 4 N–H and O–H groups in total. The van der Waals surface area contributed by atoms with E-state index < -0.39 is 0 Å². The number of rotatable bonds is 3. The number of halogens is 1. The van der Waals surface area contributed by atoms with Gasteiger partial charge in [-0.25, -0.2) is 0 Å². The minimum atomic E-state index is 0.133. The van der Waals surface area contributed by atoms with Crippen LogP contribution < -0.4 is 11.5 Å². The fourth-order valence-electron chi connectivity index (χ4n) is 1.60. The highest BCUT2D eigenvalue weighted by atomic mass is 79.9. The van der Waals surface area contributed by atoms with Crippen LogP contribution in [0.25, 0.3) is 0 Å². The molecular weight excluding hydrogens is 248 g/mol. The minimum Gasteiger partial charge on any atom is -0.330 e. The van der Waals surface area contributed by atoms with Gasteiger partial charge in [0.2, 0.25) is 0 Å². The minimum absolute atomic E-state index is 0.133. The number of thiophene rings is 1. The molecule has 1 fully saturated rings. The molecule has 13 heavy (non-hydrogen) atoms. The Kier molecular flexibility index (Phi) is 2.49. The molecule has 0 spiro atoms. The maximum absolute atomic E-state index is 6.17. The second kappa shape index (κ2) is 3.35. The van der Waals surface area contributed by atoms with Gasteiger partial charge in [-0.3, -0.25) is 0 Å². The topological polar surface area (TPSA) is 52.0 Å². The van der Waals surface area contributed by atoms with Gasteiger partial charge in [-0.2, -0.15) is 0 Å². The standard InChI is InChI=1S/C9H13BrN2S/c10-6-3-7(13-4-6)8(12)9(5-11)1-2-9/h3-4,8H,1-2,5,11-12H2. The molecule has 1 aliphatic rings.